The summed E-state index contributed by atoms with van der Waals surface area (Å²) < 4.78 is 48.5. The van der Waals surface area contributed by atoms with Crippen molar-refractivity contribution in [2.75, 3.05) is 7.11 Å². The van der Waals surface area contributed by atoms with Gasteiger partial charge in [-0.1, -0.05) is 0 Å². The number of hydrogen-bond acceptors (Lipinski definition) is 5. The number of alkyl halides is 3. The topological polar surface area (TPSA) is 78.4 Å². The van der Waals surface area contributed by atoms with Gasteiger partial charge in [0.2, 0.25) is 5.89 Å². The van der Waals surface area contributed by atoms with Gasteiger partial charge in [0.05, 0.1) is 17.6 Å². The molecule has 0 atom stereocenters. The summed E-state index contributed by atoms with van der Waals surface area (Å²) in [6, 6.07) is 6.93. The van der Waals surface area contributed by atoms with Crippen molar-refractivity contribution in [3.63, 3.8) is 0 Å². The molecule has 0 radical (unpaired) electrons. The summed E-state index contributed by atoms with van der Waals surface area (Å²) in [5.41, 5.74) is -0.731. The summed E-state index contributed by atoms with van der Waals surface area (Å²) in [7, 11) is 1.29. The fourth-order valence-electron chi connectivity index (χ4n) is 2.19. The van der Waals surface area contributed by atoms with Crippen LogP contribution in [-0.2, 0) is 6.18 Å². The lowest BCUT2D eigenvalue weighted by atomic mass is 10.2. The molecule has 3 aromatic rings. The Labute approximate surface area is 132 Å². The first-order chi connectivity index (χ1) is 11.3. The Kier molecular flexibility index (Phi) is 3.63. The Bertz CT molecular complexity index is 934. The molecule has 0 aliphatic heterocycles. The Morgan fingerprint density at radius 1 is 1.21 bits per heavy atom. The van der Waals surface area contributed by atoms with E-state index in [-0.39, 0.29) is 34.0 Å². The number of nitro groups is 1. The van der Waals surface area contributed by atoms with Gasteiger partial charge >= 0.3 is 11.9 Å². The average Bonchev–Trinajstić information content (AvgIpc) is 2.96. The van der Waals surface area contributed by atoms with E-state index < -0.39 is 16.7 Å². The Hall–Kier alpha value is -3.10. The van der Waals surface area contributed by atoms with Crippen LogP contribution in [0.25, 0.3) is 22.6 Å². The van der Waals surface area contributed by atoms with Gasteiger partial charge < -0.3 is 9.15 Å². The van der Waals surface area contributed by atoms with E-state index in [4.69, 9.17) is 9.15 Å². The third-order valence-corrected chi connectivity index (χ3v) is 3.34. The van der Waals surface area contributed by atoms with E-state index in [9.17, 15) is 23.3 Å². The molecule has 0 fully saturated rings. The molecule has 0 spiro atoms. The van der Waals surface area contributed by atoms with Crippen LogP contribution < -0.4 is 4.74 Å². The second kappa shape index (κ2) is 5.52. The molecule has 6 nitrogen and oxygen atoms in total. The van der Waals surface area contributed by atoms with E-state index in [0.717, 1.165) is 18.2 Å². The third-order valence-electron chi connectivity index (χ3n) is 3.34. The highest BCUT2D eigenvalue weighted by atomic mass is 19.4. The number of methoxy groups -OCH3 is 1. The minimum Gasteiger partial charge on any atom is -0.490 e. The molecular formula is C15H9F3N2O4. The zero-order valence-corrected chi connectivity index (χ0v) is 12.1. The van der Waals surface area contributed by atoms with E-state index in [2.05, 4.69) is 4.98 Å². The number of aromatic nitrogens is 1. The van der Waals surface area contributed by atoms with Crippen molar-refractivity contribution < 1.29 is 27.2 Å². The van der Waals surface area contributed by atoms with Gasteiger partial charge in [0.1, 0.15) is 5.52 Å². The highest BCUT2D eigenvalue weighted by molar-refractivity contribution is 5.77. The number of rotatable bonds is 3. The van der Waals surface area contributed by atoms with Crippen molar-refractivity contribution in [2.45, 2.75) is 6.18 Å². The highest BCUT2D eigenvalue weighted by Crippen LogP contribution is 2.35. The van der Waals surface area contributed by atoms with Gasteiger partial charge in [-0.2, -0.15) is 13.2 Å². The van der Waals surface area contributed by atoms with Crippen LogP contribution >= 0.6 is 0 Å². The quantitative estimate of drug-likeness (QED) is 0.521. The smallest absolute Gasteiger partial charge is 0.416 e. The van der Waals surface area contributed by atoms with E-state index >= 15 is 0 Å². The summed E-state index contributed by atoms with van der Waals surface area (Å²) in [6.07, 6.45) is -4.49. The minimum absolute atomic E-state index is 0.0123. The molecule has 124 valence electrons. The van der Waals surface area contributed by atoms with E-state index in [1.165, 1.54) is 25.3 Å². The molecule has 0 aliphatic rings. The van der Waals surface area contributed by atoms with Gasteiger partial charge in [0.25, 0.3) is 0 Å². The van der Waals surface area contributed by atoms with Gasteiger partial charge in [0, 0.05) is 11.6 Å². The number of oxazole rings is 1. The Morgan fingerprint density at radius 3 is 2.58 bits per heavy atom. The largest absolute Gasteiger partial charge is 0.490 e. The van der Waals surface area contributed by atoms with E-state index in [0.29, 0.717) is 0 Å². The summed E-state index contributed by atoms with van der Waals surface area (Å²) >= 11 is 0. The van der Waals surface area contributed by atoms with Crippen LogP contribution in [0.4, 0.5) is 18.9 Å². The number of halogens is 3. The molecule has 24 heavy (non-hydrogen) atoms. The molecular weight excluding hydrogens is 329 g/mol. The number of hydrogen-bond donors (Lipinski definition) is 0. The molecule has 0 saturated heterocycles. The molecule has 0 saturated carbocycles. The first-order valence-corrected chi connectivity index (χ1v) is 6.60. The lowest BCUT2D eigenvalue weighted by Crippen LogP contribution is -2.03. The molecule has 0 N–H and O–H groups in total. The van der Waals surface area contributed by atoms with Crippen LogP contribution in [0.1, 0.15) is 5.56 Å². The van der Waals surface area contributed by atoms with Crippen molar-refractivity contribution in [3.8, 4) is 17.2 Å². The number of benzene rings is 2. The summed E-state index contributed by atoms with van der Waals surface area (Å²) in [6.45, 7) is 0. The van der Waals surface area contributed by atoms with Crippen LogP contribution in [0, 0.1) is 10.1 Å². The summed E-state index contributed by atoms with van der Waals surface area (Å²) in [5, 5.41) is 11.0. The van der Waals surface area contributed by atoms with Gasteiger partial charge in [-0.25, -0.2) is 4.98 Å². The lowest BCUT2D eigenvalue weighted by molar-refractivity contribution is -0.385. The fourth-order valence-corrected chi connectivity index (χ4v) is 2.19. The maximum Gasteiger partial charge on any atom is 0.416 e. The first kappa shape index (κ1) is 15.8. The maximum absolute atomic E-state index is 12.7. The molecule has 0 bridgehead atoms. The molecule has 3 rings (SSSR count). The minimum atomic E-state index is -4.49. The zero-order valence-electron chi connectivity index (χ0n) is 12.1. The molecule has 0 aliphatic carbocycles. The summed E-state index contributed by atoms with van der Waals surface area (Å²) in [5.74, 6) is 0.0364. The van der Waals surface area contributed by atoms with Crippen molar-refractivity contribution >= 4 is 16.8 Å². The average molecular weight is 338 g/mol. The van der Waals surface area contributed by atoms with Crippen molar-refractivity contribution in [2.24, 2.45) is 0 Å². The van der Waals surface area contributed by atoms with Crippen LogP contribution in [0.15, 0.2) is 40.8 Å². The molecule has 1 heterocycles. The number of nitro benzene ring substituents is 1. The SMILES string of the molecule is COc1ccc(-c2nc3cc(C(F)(F)F)ccc3o2)cc1[N+](=O)[O-]. The molecule has 1 aromatic heterocycles. The fraction of sp³-hybridized carbons (Fsp3) is 0.133. The van der Waals surface area contributed by atoms with Crippen molar-refractivity contribution in [3.05, 3.63) is 52.1 Å². The van der Waals surface area contributed by atoms with Crippen molar-refractivity contribution in [1.29, 1.82) is 0 Å². The second-order valence-corrected chi connectivity index (χ2v) is 4.84. The predicted molar refractivity (Wildman–Crippen MR) is 77.7 cm³/mol. The van der Waals surface area contributed by atoms with Crippen LogP contribution in [0.5, 0.6) is 5.75 Å². The molecule has 0 unspecified atom stereocenters. The molecule has 9 heteroatoms. The van der Waals surface area contributed by atoms with Crippen LogP contribution in [0.3, 0.4) is 0 Å². The van der Waals surface area contributed by atoms with Crippen LogP contribution in [0.2, 0.25) is 0 Å². The normalized spacial score (nSPS) is 11.7. The maximum atomic E-state index is 12.7. The van der Waals surface area contributed by atoms with Gasteiger partial charge in [-0.05, 0) is 30.3 Å². The van der Waals surface area contributed by atoms with Gasteiger partial charge in [-0.15, -0.1) is 0 Å². The van der Waals surface area contributed by atoms with Gasteiger partial charge in [0.15, 0.2) is 11.3 Å². The Morgan fingerprint density at radius 2 is 1.96 bits per heavy atom. The third kappa shape index (κ3) is 2.75. The molecule has 2 aromatic carbocycles. The second-order valence-electron chi connectivity index (χ2n) is 4.84. The number of nitrogens with zero attached hydrogens (tertiary/aromatic N) is 2. The summed E-state index contributed by atoms with van der Waals surface area (Å²) in [4.78, 5) is 14.4. The Balaban J connectivity index is 2.10. The monoisotopic (exact) mass is 338 g/mol. The van der Waals surface area contributed by atoms with Crippen molar-refractivity contribution in [1.82, 2.24) is 4.98 Å². The lowest BCUT2D eigenvalue weighted by Gasteiger charge is -2.04. The number of fused-ring (bicyclic) bond motifs is 1. The highest BCUT2D eigenvalue weighted by Gasteiger charge is 2.31. The number of ether oxygens (including phenoxy) is 1. The molecule has 0 amide bonds. The standard InChI is InChI=1S/C15H9F3N2O4/c1-23-13-4-2-8(6-11(13)20(21)22)14-19-10-7-9(15(16,17)18)3-5-12(10)24-14/h2-7H,1H3. The van der Waals surface area contributed by atoms with E-state index in [1.54, 1.807) is 0 Å². The zero-order chi connectivity index (χ0) is 17.5. The van der Waals surface area contributed by atoms with E-state index in [1.807, 2.05) is 0 Å². The van der Waals surface area contributed by atoms with Gasteiger partial charge in [-0.3, -0.25) is 10.1 Å². The van der Waals surface area contributed by atoms with Crippen LogP contribution in [-0.4, -0.2) is 17.0 Å². The predicted octanol–water partition coefficient (Wildman–Crippen LogP) is 4.43. The first-order valence-electron chi connectivity index (χ1n) is 6.60.